The topological polar surface area (TPSA) is 49.3 Å². The highest BCUT2D eigenvalue weighted by atomic mass is 35.6. The molecule has 0 spiro atoms. The second-order valence-electron chi connectivity index (χ2n) is 1.87. The van der Waals surface area contributed by atoms with E-state index in [1.54, 1.807) is 0 Å². The van der Waals surface area contributed by atoms with Gasteiger partial charge in [-0.15, -0.1) is 0 Å². The van der Waals surface area contributed by atoms with E-state index in [2.05, 4.69) is 0 Å². The molecule has 0 radical (unpaired) electrons. The smallest absolute Gasteiger partial charge is 0.265 e. The van der Waals surface area contributed by atoms with Crippen LogP contribution in [-0.4, -0.2) is 21.0 Å². The average molecular weight is 287 g/mol. The number of rotatable bonds is 2. The number of nitrogens with one attached hydrogen (secondary N) is 1. The van der Waals surface area contributed by atoms with Crippen molar-refractivity contribution in [1.82, 2.24) is 5.32 Å². The number of halogens is 5. The Morgan fingerprint density at radius 3 is 2.23 bits per heavy atom. The van der Waals surface area contributed by atoms with Crippen molar-refractivity contribution in [3.63, 3.8) is 0 Å². The number of hydrogen-bond acceptors (Lipinski definition) is 2. The van der Waals surface area contributed by atoms with Crippen LogP contribution in [0.3, 0.4) is 0 Å². The van der Waals surface area contributed by atoms with Gasteiger partial charge in [0, 0.05) is 5.54 Å². The molecule has 0 saturated carbocycles. The molecule has 0 bridgehead atoms. The predicted molar refractivity (Wildman–Crippen MR) is 54.2 cm³/mol. The van der Waals surface area contributed by atoms with Gasteiger partial charge in [-0.1, -0.05) is 58.0 Å². The van der Waals surface area contributed by atoms with Crippen molar-refractivity contribution in [3.05, 3.63) is 10.6 Å². The summed E-state index contributed by atoms with van der Waals surface area (Å²) in [4.78, 5) is 10.9. The monoisotopic (exact) mass is 285 g/mol. The van der Waals surface area contributed by atoms with Crippen LogP contribution in [0.2, 0.25) is 0 Å². The number of aliphatic hydroxyl groups is 1. The molecule has 0 heterocycles. The van der Waals surface area contributed by atoms with E-state index in [1.165, 1.54) is 0 Å². The molecule has 2 N–H and O–H groups in total. The normalized spacial score (nSPS) is 15.4. The van der Waals surface area contributed by atoms with Crippen molar-refractivity contribution < 1.29 is 9.90 Å². The summed E-state index contributed by atoms with van der Waals surface area (Å²) in [6.45, 7) is 0. The van der Waals surface area contributed by atoms with Gasteiger partial charge < -0.3 is 10.4 Å². The predicted octanol–water partition coefficient (Wildman–Crippen LogP) is 2.11. The van der Waals surface area contributed by atoms with Crippen LogP contribution in [0.4, 0.5) is 0 Å². The fourth-order valence-corrected chi connectivity index (χ4v) is 0.642. The van der Waals surface area contributed by atoms with E-state index < -0.39 is 15.9 Å². The van der Waals surface area contributed by atoms with E-state index >= 15 is 0 Å². The van der Waals surface area contributed by atoms with Gasteiger partial charge in [-0.2, -0.15) is 0 Å². The molecule has 0 aliphatic rings. The summed E-state index contributed by atoms with van der Waals surface area (Å²) in [7, 11) is 0. The Bertz CT molecular complexity index is 223. The van der Waals surface area contributed by atoms with Gasteiger partial charge in [0.15, 0.2) is 6.23 Å². The maximum absolute atomic E-state index is 10.9. The van der Waals surface area contributed by atoms with Crippen molar-refractivity contribution in [2.45, 2.75) is 10.0 Å². The average Bonchev–Trinajstić information content (AvgIpc) is 2.01. The van der Waals surface area contributed by atoms with Gasteiger partial charge >= 0.3 is 0 Å². The van der Waals surface area contributed by atoms with E-state index in [1.807, 2.05) is 5.32 Å². The summed E-state index contributed by atoms with van der Waals surface area (Å²) in [6.07, 6.45) is -1.66. The molecule has 0 aliphatic carbocycles. The molecule has 0 aliphatic heterocycles. The Balaban J connectivity index is 4.23. The highest BCUT2D eigenvalue weighted by Gasteiger charge is 2.32. The fourth-order valence-electron chi connectivity index (χ4n) is 0.324. The van der Waals surface area contributed by atoms with Gasteiger partial charge in [-0.3, -0.25) is 4.79 Å². The lowest BCUT2D eigenvalue weighted by Gasteiger charge is -2.19. The Kier molecular flexibility index (Phi) is 5.75. The van der Waals surface area contributed by atoms with E-state index in [4.69, 9.17) is 63.1 Å². The van der Waals surface area contributed by atoms with Gasteiger partial charge in [-0.05, 0) is 0 Å². The number of hydrogen-bond donors (Lipinski definition) is 2. The summed E-state index contributed by atoms with van der Waals surface area (Å²) in [5.74, 6) is -0.838. The highest BCUT2D eigenvalue weighted by molar-refractivity contribution is 6.68. The molecule has 3 nitrogen and oxygen atoms in total. The second-order valence-corrected chi connectivity index (χ2v) is 4.87. The number of amides is 1. The first-order valence-electron chi connectivity index (χ1n) is 2.80. The third-order valence-electron chi connectivity index (χ3n) is 0.891. The SMILES string of the molecule is O=C(NC(O)C(Cl)(Cl)Cl)/C(Cl)=C/Cl. The van der Waals surface area contributed by atoms with E-state index in [-0.39, 0.29) is 5.03 Å². The fraction of sp³-hybridized carbons (Fsp3) is 0.400. The zero-order chi connectivity index (χ0) is 10.6. The summed E-state index contributed by atoms with van der Waals surface area (Å²) in [5, 5.41) is 10.6. The first-order chi connectivity index (χ1) is 5.79. The van der Waals surface area contributed by atoms with Crippen LogP contribution in [0.1, 0.15) is 0 Å². The lowest BCUT2D eigenvalue weighted by atomic mass is 10.5. The highest BCUT2D eigenvalue weighted by Crippen LogP contribution is 2.29. The molecule has 1 amide bonds. The Morgan fingerprint density at radius 2 is 1.92 bits per heavy atom. The van der Waals surface area contributed by atoms with Gasteiger partial charge in [-0.25, -0.2) is 0 Å². The van der Waals surface area contributed by atoms with Crippen molar-refractivity contribution in [3.8, 4) is 0 Å². The Hall–Kier alpha value is 0.620. The van der Waals surface area contributed by atoms with Gasteiger partial charge in [0.05, 0.1) is 0 Å². The maximum Gasteiger partial charge on any atom is 0.265 e. The zero-order valence-corrected chi connectivity index (χ0v) is 9.68. The Morgan fingerprint density at radius 1 is 1.46 bits per heavy atom. The largest absolute Gasteiger partial charge is 0.369 e. The number of alkyl halides is 3. The van der Waals surface area contributed by atoms with Crippen molar-refractivity contribution in [2.75, 3.05) is 0 Å². The van der Waals surface area contributed by atoms with Gasteiger partial charge in [0.2, 0.25) is 3.79 Å². The second kappa shape index (κ2) is 5.49. The van der Waals surface area contributed by atoms with E-state index in [0.29, 0.717) is 0 Å². The minimum atomic E-state index is -2.01. The quantitative estimate of drug-likeness (QED) is 0.464. The standard InChI is InChI=1S/C5H4Cl5NO2/c6-1-2(7)3(12)11-4(13)5(8,9)10/h1,4,13H,(H,11,12)/b2-1-. The molecule has 8 heteroatoms. The molecule has 0 rings (SSSR count). The molecule has 0 saturated heterocycles. The van der Waals surface area contributed by atoms with Crippen molar-refractivity contribution >= 4 is 63.9 Å². The molecule has 1 atom stereocenters. The lowest BCUT2D eigenvalue weighted by Crippen LogP contribution is -2.43. The number of carbonyl (C=O) groups is 1. The van der Waals surface area contributed by atoms with Crippen LogP contribution < -0.4 is 5.32 Å². The first kappa shape index (κ1) is 13.6. The maximum atomic E-state index is 10.9. The van der Waals surface area contributed by atoms with Crippen LogP contribution >= 0.6 is 58.0 Å². The van der Waals surface area contributed by atoms with Crippen molar-refractivity contribution in [1.29, 1.82) is 0 Å². The Labute approximate surface area is 99.5 Å². The van der Waals surface area contributed by atoms with E-state index in [9.17, 15) is 4.79 Å². The first-order valence-corrected chi connectivity index (χ1v) is 4.75. The zero-order valence-electron chi connectivity index (χ0n) is 5.90. The van der Waals surface area contributed by atoms with Crippen LogP contribution in [-0.2, 0) is 4.79 Å². The molecule has 76 valence electrons. The molecule has 0 aromatic carbocycles. The summed E-state index contributed by atoms with van der Waals surface area (Å²) < 4.78 is -2.01. The summed E-state index contributed by atoms with van der Waals surface area (Å²) in [5.41, 5.74) is 0.821. The summed E-state index contributed by atoms with van der Waals surface area (Å²) >= 11 is 26.1. The van der Waals surface area contributed by atoms with Gasteiger partial charge in [0.1, 0.15) is 5.03 Å². The van der Waals surface area contributed by atoms with Crippen LogP contribution in [0.25, 0.3) is 0 Å². The molecular weight excluding hydrogens is 283 g/mol. The molecule has 0 aromatic rings. The van der Waals surface area contributed by atoms with Gasteiger partial charge in [0.25, 0.3) is 5.91 Å². The minimum absolute atomic E-state index is 0.324. The molecule has 13 heavy (non-hydrogen) atoms. The molecular formula is C5H4Cl5NO2. The van der Waals surface area contributed by atoms with Crippen LogP contribution in [0.15, 0.2) is 10.6 Å². The summed E-state index contributed by atoms with van der Waals surface area (Å²) in [6, 6.07) is 0. The third-order valence-corrected chi connectivity index (χ3v) is 2.12. The van der Waals surface area contributed by atoms with Crippen molar-refractivity contribution in [2.24, 2.45) is 0 Å². The number of carbonyl (C=O) groups excluding carboxylic acids is 1. The van der Waals surface area contributed by atoms with Crippen LogP contribution in [0.5, 0.6) is 0 Å². The lowest BCUT2D eigenvalue weighted by molar-refractivity contribution is -0.119. The van der Waals surface area contributed by atoms with Crippen LogP contribution in [0, 0.1) is 0 Å². The third kappa shape index (κ3) is 5.15. The molecule has 1 unspecified atom stereocenters. The molecule has 0 aromatic heterocycles. The minimum Gasteiger partial charge on any atom is -0.369 e. The molecule has 0 fully saturated rings. The van der Waals surface area contributed by atoms with E-state index in [0.717, 1.165) is 5.54 Å². The number of aliphatic hydroxyl groups excluding tert-OH is 1.